The molecule has 0 aliphatic carbocycles. The first-order chi connectivity index (χ1) is 60.3. The van der Waals surface area contributed by atoms with Crippen LogP contribution in [0.1, 0.15) is 475 Å². The summed E-state index contributed by atoms with van der Waals surface area (Å²) in [5.74, 6) is 4.95. The van der Waals surface area contributed by atoms with Gasteiger partial charge in [0.05, 0.1) is 0 Å². The van der Waals surface area contributed by atoms with Gasteiger partial charge in [0.2, 0.25) is 0 Å². The highest BCUT2D eigenvalue weighted by atomic mass is 32.1. The van der Waals surface area contributed by atoms with E-state index in [0.29, 0.717) is 115 Å². The average Bonchev–Trinajstić information content (AvgIpc) is 1.67. The Balaban J connectivity index is 0.00000153. The van der Waals surface area contributed by atoms with Crippen molar-refractivity contribution in [2.24, 2.45) is 160 Å². The summed E-state index contributed by atoms with van der Waals surface area (Å²) in [6, 6.07) is 36.9. The normalized spacial score (nSPS) is 18.2. The Bertz CT molecular complexity index is 3780. The number of hydrogen-bond donors (Lipinski definition) is 1. The lowest BCUT2D eigenvalue weighted by molar-refractivity contribution is -0.188. The van der Waals surface area contributed by atoms with Crippen LogP contribution in [-0.4, -0.2) is 105 Å². The molecule has 137 heavy (non-hydrogen) atoms. The highest BCUT2D eigenvalue weighted by Crippen LogP contribution is 2.63. The van der Waals surface area contributed by atoms with Crippen molar-refractivity contribution < 1.29 is 5.11 Å². The van der Waals surface area contributed by atoms with Crippen molar-refractivity contribution in [3.05, 3.63) is 130 Å². The third kappa shape index (κ3) is 38.1. The van der Waals surface area contributed by atoms with E-state index in [2.05, 4.69) is 560 Å². The number of hydrogen-bond acceptors (Lipinski definition) is 6. The van der Waals surface area contributed by atoms with E-state index in [1.54, 1.807) is 11.3 Å². The number of rotatable bonds is 10. The first-order valence-corrected chi connectivity index (χ1v) is 55.8. The van der Waals surface area contributed by atoms with Crippen LogP contribution in [0.4, 0.5) is 0 Å². The Morgan fingerprint density at radius 1 is 0.314 bits per heavy atom. The average molecular weight is 1930 g/mol. The number of piperidine rings is 1. The number of likely N-dealkylation sites (tertiary alicyclic amines) is 4. The lowest BCUT2D eigenvalue weighted by Crippen LogP contribution is -2.66. The largest absolute Gasteiger partial charge is 0.383 e. The molecule has 0 radical (unpaired) electrons. The van der Waals surface area contributed by atoms with Gasteiger partial charge in [-0.2, -0.15) is 0 Å². The van der Waals surface area contributed by atoms with Crippen LogP contribution in [0.2, 0.25) is 0 Å². The van der Waals surface area contributed by atoms with E-state index in [0.717, 1.165) is 28.5 Å². The summed E-state index contributed by atoms with van der Waals surface area (Å²) in [4.78, 5) is 10.9. The smallest absolute Gasteiger partial charge is 0.109 e. The quantitative estimate of drug-likeness (QED) is 0.171. The van der Waals surface area contributed by atoms with Crippen molar-refractivity contribution in [3.63, 3.8) is 0 Å². The number of benzene rings is 3. The molecule has 802 valence electrons. The molecule has 0 saturated carbocycles. The molecule has 6 heteroatoms. The fraction of sp³-hybridized carbons (Fsp3) is 0.832. The summed E-state index contributed by atoms with van der Waals surface area (Å²) in [5, 5.41) is 13.6. The van der Waals surface area contributed by atoms with E-state index in [1.807, 2.05) is 11.4 Å². The van der Waals surface area contributed by atoms with Crippen LogP contribution in [-0.2, 0) is 12.0 Å². The molecule has 3 aromatic carbocycles. The maximum Gasteiger partial charge on any atom is 0.109 e. The van der Waals surface area contributed by atoms with Crippen LogP contribution in [0.5, 0.6) is 0 Å². The van der Waals surface area contributed by atoms with Gasteiger partial charge < -0.3 is 24.7 Å². The fourth-order valence-electron chi connectivity index (χ4n) is 29.5. The van der Waals surface area contributed by atoms with E-state index < -0.39 is 5.60 Å². The van der Waals surface area contributed by atoms with Gasteiger partial charge in [-0.25, -0.2) is 0 Å². The molecule has 1 atom stereocenters. The molecular weight excluding hydrogens is 1680 g/mol. The Hall–Kier alpha value is -2.84. The molecule has 1 N–H and O–H groups in total. The molecule has 0 amide bonds. The van der Waals surface area contributed by atoms with Crippen LogP contribution in [0.3, 0.4) is 0 Å². The number of nitrogens with zero attached hydrogens (tertiary/aromatic N) is 4. The monoisotopic (exact) mass is 1920 g/mol. The third-order valence-electron chi connectivity index (χ3n) is 34.3. The van der Waals surface area contributed by atoms with Crippen molar-refractivity contribution in [2.45, 2.75) is 465 Å². The number of aliphatic hydroxyl groups is 1. The third-order valence-corrected chi connectivity index (χ3v) is 35.3. The lowest BCUT2D eigenvalue weighted by Gasteiger charge is -2.63. The van der Waals surface area contributed by atoms with Gasteiger partial charge in [0.1, 0.15) is 5.60 Å². The van der Waals surface area contributed by atoms with Crippen LogP contribution < -0.4 is 0 Å². The standard InChI is InChI=1S/C22H30.C16H28OS.C16H26.C14H29N.2C13H27N.C13H28.C12H25N.C12H26/c1-21(2,3)20(22(4,5)6)19(17-13-9-7-10-14-17)18-15-11-8-12-16-18;1-13(2,3)15(7,8)16(17,14(4,5)6)12-10-9-11-18-12;1-15(2,3)14(16(4,5)6)12-13-10-8-7-9-11-13;1-12(2,3)14(13(4,5)6)8-10-15(7)11-9-14;1-12(2,3)11(13(4,5)6)10-8-14(7)9-10;1-11(2,3)13(12(4,5)6)8-9-14(7)10-13;1-11(2,3)10(12(4,5)6)13(7,8)9;1-10(2,3)12(11(4,5)6)8-13(7)9-12;1-8-9-10(11(2,3)4)12(5,6)7/h7-16,19-20H,1-6H3;9-11,17H,1-8H3;7-11,14H,12H2,1-6H3;8-11H2,1-7H3;10-11H,8-9H2,1-7H3;8-10H2,1-7H3;10H,1-9H3;8-9H2,1-7H3;10H,8-9H2,1-7H3. The van der Waals surface area contributed by atoms with Gasteiger partial charge in [-0.15, -0.1) is 11.3 Å². The van der Waals surface area contributed by atoms with Crippen LogP contribution in [0.25, 0.3) is 0 Å². The molecule has 4 aliphatic heterocycles. The maximum absolute atomic E-state index is 11.6. The molecule has 1 unspecified atom stereocenters. The highest BCUT2D eigenvalue weighted by molar-refractivity contribution is 7.10. The van der Waals surface area contributed by atoms with Crippen LogP contribution in [0.15, 0.2) is 109 Å². The predicted octanol–water partition coefficient (Wildman–Crippen LogP) is 39.2. The summed E-state index contributed by atoms with van der Waals surface area (Å²) in [7, 11) is 8.93. The second-order valence-electron chi connectivity index (χ2n) is 65.3. The maximum atomic E-state index is 11.6. The molecule has 4 aromatic rings. The SMILES string of the molecule is CC(C)(C)C(C(C)(C)C)C(C)(C)C.CC(C)(C)C(C(c1ccccc1)c1ccccc1)C(C)(C)C.CC(C)(C)C(C)(C)C(O)(c1cccs1)C(C)(C)C.CC(C)(C)C(Cc1ccccc1)C(C)(C)C.CCCC(C(C)(C)C)C(C)(C)C.CN1CC(C(C(C)(C)C)C(C)(C)C)C1.CN1CC(C(C)(C)C)(C(C)(C)C)C1.CN1CCC(C(C)(C)C)(C(C)(C)C)C1.CN1CCC(C(C)(C)C)(C(C)(C)C)CC1. The van der Waals surface area contributed by atoms with Crippen LogP contribution >= 0.6 is 11.3 Å². The Kier molecular flexibility index (Phi) is 47.4. The first kappa shape index (κ1) is 134. The molecule has 1 aromatic heterocycles. The van der Waals surface area contributed by atoms with Gasteiger partial charge in [0, 0.05) is 54.3 Å². The zero-order chi connectivity index (χ0) is 109. The predicted molar refractivity (Wildman–Crippen MR) is 624 cm³/mol. The van der Waals surface area contributed by atoms with Gasteiger partial charge >= 0.3 is 0 Å². The van der Waals surface area contributed by atoms with E-state index in [4.69, 9.17) is 0 Å². The second-order valence-corrected chi connectivity index (χ2v) is 66.2. The van der Waals surface area contributed by atoms with Gasteiger partial charge in [-0.3, -0.25) is 0 Å². The van der Waals surface area contributed by atoms with Gasteiger partial charge in [-0.1, -0.05) is 519 Å². The van der Waals surface area contributed by atoms with Crippen molar-refractivity contribution in [2.75, 3.05) is 80.5 Å². The lowest BCUT2D eigenvalue weighted by atomic mass is 9.50. The van der Waals surface area contributed by atoms with Gasteiger partial charge in [0.25, 0.3) is 0 Å². The van der Waals surface area contributed by atoms with Gasteiger partial charge in [0.15, 0.2) is 0 Å². The molecule has 8 rings (SSSR count). The van der Waals surface area contributed by atoms with E-state index in [-0.39, 0.29) is 27.1 Å². The molecule has 0 bridgehead atoms. The molecule has 4 aliphatic rings. The van der Waals surface area contributed by atoms with Crippen LogP contribution in [0, 0.1) is 160 Å². The molecule has 0 spiro atoms. The zero-order valence-electron chi connectivity index (χ0n) is 105. The minimum atomic E-state index is -0.841. The zero-order valence-corrected chi connectivity index (χ0v) is 106. The van der Waals surface area contributed by atoms with Crippen molar-refractivity contribution in [1.82, 2.24) is 19.6 Å². The van der Waals surface area contributed by atoms with Crippen molar-refractivity contribution in [3.8, 4) is 0 Å². The van der Waals surface area contributed by atoms with E-state index in [1.165, 1.54) is 108 Å². The molecule has 4 fully saturated rings. The summed E-state index contributed by atoms with van der Waals surface area (Å²) < 4.78 is 0. The molecule has 5 heterocycles. The minimum absolute atomic E-state index is 0.0129. The highest BCUT2D eigenvalue weighted by Gasteiger charge is 2.60. The minimum Gasteiger partial charge on any atom is -0.383 e. The summed E-state index contributed by atoms with van der Waals surface area (Å²) in [6.07, 6.45) is 7.86. The number of thiophene rings is 1. The Morgan fingerprint density at radius 3 is 0.810 bits per heavy atom. The molecule has 5 nitrogen and oxygen atoms in total. The topological polar surface area (TPSA) is 33.2 Å². The molecule has 4 saturated heterocycles. The first-order valence-electron chi connectivity index (χ1n) is 54.9. The molecular formula is C131H246N4OS. The van der Waals surface area contributed by atoms with Crippen molar-refractivity contribution in [1.29, 1.82) is 0 Å². The van der Waals surface area contributed by atoms with E-state index in [9.17, 15) is 5.11 Å². The fourth-order valence-corrected chi connectivity index (χ4v) is 30.7. The summed E-state index contributed by atoms with van der Waals surface area (Å²) >= 11 is 1.65. The Labute approximate surface area is 866 Å². The summed E-state index contributed by atoms with van der Waals surface area (Å²) in [5.41, 5.74) is 11.0. The Morgan fingerprint density at radius 2 is 0.613 bits per heavy atom. The second kappa shape index (κ2) is 48.4. The summed E-state index contributed by atoms with van der Waals surface area (Å²) in [6.45, 7) is 151. The van der Waals surface area contributed by atoms with E-state index >= 15 is 0 Å². The van der Waals surface area contributed by atoms with Gasteiger partial charge in [-0.05, 0) is 257 Å². The van der Waals surface area contributed by atoms with Crippen molar-refractivity contribution >= 4 is 11.3 Å².